The standard InChI is InChI=1S/C11H11N3O3/c1-14(5-4-10(15)16)11(17)9-3-2-8(6-12)7-13-9/h2-3,7H,4-5H2,1H3,(H,15,16). The second-order valence-corrected chi connectivity index (χ2v) is 3.41. The number of carboxylic acids is 1. The first kappa shape index (κ1) is 12.6. The second kappa shape index (κ2) is 5.61. The van der Waals surface area contributed by atoms with Crippen molar-refractivity contribution in [2.24, 2.45) is 0 Å². The highest BCUT2D eigenvalue weighted by molar-refractivity contribution is 5.92. The van der Waals surface area contributed by atoms with Crippen molar-refractivity contribution in [2.75, 3.05) is 13.6 Å². The van der Waals surface area contributed by atoms with Crippen LogP contribution >= 0.6 is 0 Å². The molecule has 6 heteroatoms. The van der Waals surface area contributed by atoms with Gasteiger partial charge < -0.3 is 10.0 Å². The molecule has 17 heavy (non-hydrogen) atoms. The highest BCUT2D eigenvalue weighted by Crippen LogP contribution is 2.03. The van der Waals surface area contributed by atoms with Gasteiger partial charge in [0.2, 0.25) is 0 Å². The lowest BCUT2D eigenvalue weighted by Crippen LogP contribution is -2.29. The molecule has 0 aliphatic heterocycles. The molecule has 0 radical (unpaired) electrons. The fourth-order valence-electron chi connectivity index (χ4n) is 1.15. The molecule has 0 aromatic carbocycles. The average Bonchev–Trinajstić information content (AvgIpc) is 2.35. The summed E-state index contributed by atoms with van der Waals surface area (Å²) in [5.74, 6) is -1.33. The molecule has 1 heterocycles. The van der Waals surface area contributed by atoms with E-state index >= 15 is 0 Å². The van der Waals surface area contributed by atoms with Crippen LogP contribution in [0.5, 0.6) is 0 Å². The molecular weight excluding hydrogens is 222 g/mol. The Morgan fingerprint density at radius 1 is 1.53 bits per heavy atom. The van der Waals surface area contributed by atoms with E-state index in [-0.39, 0.29) is 24.6 Å². The van der Waals surface area contributed by atoms with E-state index in [0.717, 1.165) is 0 Å². The fraction of sp³-hybridized carbons (Fsp3) is 0.273. The quantitative estimate of drug-likeness (QED) is 0.817. The van der Waals surface area contributed by atoms with Gasteiger partial charge in [-0.2, -0.15) is 5.26 Å². The van der Waals surface area contributed by atoms with Crippen LogP contribution in [0.2, 0.25) is 0 Å². The molecular formula is C11H11N3O3. The molecule has 6 nitrogen and oxygen atoms in total. The summed E-state index contributed by atoms with van der Waals surface area (Å²) >= 11 is 0. The van der Waals surface area contributed by atoms with Gasteiger partial charge in [0.1, 0.15) is 11.8 Å². The van der Waals surface area contributed by atoms with Gasteiger partial charge in [-0.3, -0.25) is 9.59 Å². The van der Waals surface area contributed by atoms with Gasteiger partial charge in [-0.15, -0.1) is 0 Å². The maximum absolute atomic E-state index is 11.7. The van der Waals surface area contributed by atoms with Crippen molar-refractivity contribution in [1.82, 2.24) is 9.88 Å². The minimum atomic E-state index is -0.961. The summed E-state index contributed by atoms with van der Waals surface area (Å²) in [4.78, 5) is 27.2. The third kappa shape index (κ3) is 3.57. The van der Waals surface area contributed by atoms with Crippen LogP contribution in [0.3, 0.4) is 0 Å². The van der Waals surface area contributed by atoms with E-state index in [2.05, 4.69) is 4.98 Å². The molecule has 1 amide bonds. The lowest BCUT2D eigenvalue weighted by molar-refractivity contribution is -0.137. The lowest BCUT2D eigenvalue weighted by Gasteiger charge is -2.15. The van der Waals surface area contributed by atoms with E-state index in [9.17, 15) is 9.59 Å². The molecule has 0 saturated heterocycles. The van der Waals surface area contributed by atoms with Crippen molar-refractivity contribution < 1.29 is 14.7 Å². The van der Waals surface area contributed by atoms with Crippen LogP contribution < -0.4 is 0 Å². The molecule has 1 aromatic heterocycles. The van der Waals surface area contributed by atoms with Crippen LogP contribution in [0.15, 0.2) is 18.3 Å². The van der Waals surface area contributed by atoms with Gasteiger partial charge in [0.15, 0.2) is 0 Å². The number of nitriles is 1. The molecule has 0 unspecified atom stereocenters. The molecule has 1 N–H and O–H groups in total. The molecule has 1 aromatic rings. The third-order valence-corrected chi connectivity index (χ3v) is 2.12. The first-order valence-electron chi connectivity index (χ1n) is 4.88. The molecule has 0 atom stereocenters. The van der Waals surface area contributed by atoms with Gasteiger partial charge in [0.25, 0.3) is 5.91 Å². The smallest absolute Gasteiger partial charge is 0.305 e. The van der Waals surface area contributed by atoms with Crippen LogP contribution in [0.1, 0.15) is 22.5 Å². The van der Waals surface area contributed by atoms with Crippen molar-refractivity contribution in [3.63, 3.8) is 0 Å². The minimum Gasteiger partial charge on any atom is -0.481 e. The van der Waals surface area contributed by atoms with E-state index in [0.29, 0.717) is 5.56 Å². The van der Waals surface area contributed by atoms with E-state index < -0.39 is 5.97 Å². The highest BCUT2D eigenvalue weighted by Gasteiger charge is 2.13. The normalized spacial score (nSPS) is 9.41. The van der Waals surface area contributed by atoms with Gasteiger partial charge in [0.05, 0.1) is 12.0 Å². The van der Waals surface area contributed by atoms with Gasteiger partial charge in [-0.1, -0.05) is 0 Å². The Bertz CT molecular complexity index is 462. The Hall–Kier alpha value is -2.42. The van der Waals surface area contributed by atoms with Crippen LogP contribution in [0.25, 0.3) is 0 Å². The number of rotatable bonds is 4. The molecule has 0 fully saturated rings. The molecule has 0 aliphatic rings. The van der Waals surface area contributed by atoms with Crippen LogP contribution in [-0.2, 0) is 4.79 Å². The number of hydrogen-bond donors (Lipinski definition) is 1. The third-order valence-electron chi connectivity index (χ3n) is 2.12. The molecule has 0 bridgehead atoms. The minimum absolute atomic E-state index is 0.113. The average molecular weight is 233 g/mol. The molecule has 0 spiro atoms. The first-order valence-corrected chi connectivity index (χ1v) is 4.88. The van der Waals surface area contributed by atoms with Crippen LogP contribution in [0, 0.1) is 11.3 Å². The summed E-state index contributed by atoms with van der Waals surface area (Å²) < 4.78 is 0. The summed E-state index contributed by atoms with van der Waals surface area (Å²) in [6.07, 6.45) is 1.19. The van der Waals surface area contributed by atoms with E-state index in [1.54, 1.807) is 0 Å². The van der Waals surface area contributed by atoms with E-state index in [4.69, 9.17) is 10.4 Å². The summed E-state index contributed by atoms with van der Waals surface area (Å²) in [5, 5.41) is 17.1. The lowest BCUT2D eigenvalue weighted by atomic mass is 10.2. The Labute approximate surface area is 98.1 Å². The van der Waals surface area contributed by atoms with Gasteiger partial charge >= 0.3 is 5.97 Å². The maximum atomic E-state index is 11.7. The largest absolute Gasteiger partial charge is 0.481 e. The second-order valence-electron chi connectivity index (χ2n) is 3.41. The monoisotopic (exact) mass is 233 g/mol. The zero-order valence-electron chi connectivity index (χ0n) is 9.25. The number of nitrogens with zero attached hydrogens (tertiary/aromatic N) is 3. The van der Waals surface area contributed by atoms with Crippen molar-refractivity contribution in [2.45, 2.75) is 6.42 Å². The Balaban J connectivity index is 2.68. The van der Waals surface area contributed by atoms with Crippen molar-refractivity contribution in [3.8, 4) is 6.07 Å². The maximum Gasteiger partial charge on any atom is 0.305 e. The number of carbonyl (C=O) groups is 2. The van der Waals surface area contributed by atoms with E-state index in [1.165, 1.54) is 30.3 Å². The molecule has 0 saturated carbocycles. The van der Waals surface area contributed by atoms with Gasteiger partial charge in [-0.05, 0) is 12.1 Å². The molecule has 0 aliphatic carbocycles. The van der Waals surface area contributed by atoms with E-state index in [1.807, 2.05) is 6.07 Å². The molecule has 88 valence electrons. The van der Waals surface area contributed by atoms with Crippen molar-refractivity contribution >= 4 is 11.9 Å². The topological polar surface area (TPSA) is 94.3 Å². The summed E-state index contributed by atoms with van der Waals surface area (Å²) in [6, 6.07) is 4.83. The zero-order valence-corrected chi connectivity index (χ0v) is 9.25. The summed E-state index contributed by atoms with van der Waals surface area (Å²) in [5.41, 5.74) is 0.562. The number of hydrogen-bond acceptors (Lipinski definition) is 4. The number of aliphatic carboxylic acids is 1. The fourth-order valence-corrected chi connectivity index (χ4v) is 1.15. The number of carboxylic acid groups (broad SMARTS) is 1. The Morgan fingerprint density at radius 3 is 2.71 bits per heavy atom. The van der Waals surface area contributed by atoms with Crippen LogP contribution in [0.4, 0.5) is 0 Å². The summed E-state index contributed by atoms with van der Waals surface area (Å²) in [6.45, 7) is 0.121. The predicted octanol–water partition coefficient (Wildman–Crippen LogP) is 0.500. The van der Waals surface area contributed by atoms with Crippen molar-refractivity contribution in [1.29, 1.82) is 5.26 Å². The number of pyridine rings is 1. The summed E-state index contributed by atoms with van der Waals surface area (Å²) in [7, 11) is 1.51. The molecule has 1 rings (SSSR count). The Kier molecular flexibility index (Phi) is 4.17. The zero-order chi connectivity index (χ0) is 12.8. The predicted molar refractivity (Wildman–Crippen MR) is 58.2 cm³/mol. The van der Waals surface area contributed by atoms with Gasteiger partial charge in [0, 0.05) is 19.8 Å². The Morgan fingerprint density at radius 2 is 2.24 bits per heavy atom. The highest BCUT2D eigenvalue weighted by atomic mass is 16.4. The van der Waals surface area contributed by atoms with Crippen LogP contribution in [-0.4, -0.2) is 40.5 Å². The van der Waals surface area contributed by atoms with Gasteiger partial charge in [-0.25, -0.2) is 4.98 Å². The first-order chi connectivity index (χ1) is 8.04. The number of carbonyl (C=O) groups excluding carboxylic acids is 1. The van der Waals surface area contributed by atoms with Crippen molar-refractivity contribution in [3.05, 3.63) is 29.6 Å². The SMILES string of the molecule is CN(CCC(=O)O)C(=O)c1ccc(C#N)cn1. The number of aromatic nitrogens is 1. The number of amides is 1.